The summed E-state index contributed by atoms with van der Waals surface area (Å²) in [4.78, 5) is 17.6. The summed E-state index contributed by atoms with van der Waals surface area (Å²) < 4.78 is 0. The van der Waals surface area contributed by atoms with Gasteiger partial charge in [-0.25, -0.2) is 10.4 Å². The predicted molar refractivity (Wildman–Crippen MR) is 56.5 cm³/mol. The summed E-state index contributed by atoms with van der Waals surface area (Å²) in [6, 6.07) is 1.43. The van der Waals surface area contributed by atoms with Gasteiger partial charge in [0, 0.05) is 18.0 Å². The lowest BCUT2D eigenvalue weighted by molar-refractivity contribution is 0.901. The molecule has 0 saturated heterocycles. The molecule has 2 N–H and O–H groups in total. The van der Waals surface area contributed by atoms with E-state index in [0.717, 1.165) is 0 Å². The van der Waals surface area contributed by atoms with Gasteiger partial charge in [-0.1, -0.05) is 13.8 Å². The second kappa shape index (κ2) is 4.55. The van der Waals surface area contributed by atoms with Crippen LogP contribution in [0.3, 0.4) is 0 Å². The lowest BCUT2D eigenvalue weighted by Gasteiger charge is -1.99. The first-order chi connectivity index (χ1) is 6.58. The molecule has 5 heteroatoms. The van der Waals surface area contributed by atoms with Gasteiger partial charge < -0.3 is 0 Å². The Morgan fingerprint density at radius 1 is 1.64 bits per heavy atom. The number of nitrogens with zero attached hydrogens (tertiary/aromatic N) is 2. The molecule has 0 saturated carbocycles. The van der Waals surface area contributed by atoms with Crippen molar-refractivity contribution in [2.75, 3.05) is 5.43 Å². The van der Waals surface area contributed by atoms with Gasteiger partial charge in [-0.15, -0.1) is 0 Å². The molecule has 0 fully saturated rings. The third-order valence-corrected chi connectivity index (χ3v) is 1.41. The number of nitrogens with one attached hydrogen (secondary N) is 2. The van der Waals surface area contributed by atoms with Gasteiger partial charge in [-0.2, -0.15) is 5.10 Å². The van der Waals surface area contributed by atoms with Crippen LogP contribution in [-0.2, 0) is 0 Å². The van der Waals surface area contributed by atoms with Crippen molar-refractivity contribution in [1.82, 2.24) is 9.97 Å². The molecule has 0 atom stereocenters. The van der Waals surface area contributed by atoms with E-state index in [2.05, 4.69) is 20.5 Å². The Labute approximate surface area is 82.3 Å². The van der Waals surface area contributed by atoms with Gasteiger partial charge in [-0.05, 0) is 12.8 Å². The lowest BCUT2D eigenvalue weighted by atomic mass is 10.3. The van der Waals surface area contributed by atoms with E-state index in [1.54, 1.807) is 13.1 Å². The van der Waals surface area contributed by atoms with E-state index >= 15 is 0 Å². The number of aromatic amines is 1. The number of rotatable bonds is 3. The fraction of sp³-hybridized carbons (Fsp3) is 0.444. The van der Waals surface area contributed by atoms with E-state index in [4.69, 9.17) is 0 Å². The molecular weight excluding hydrogens is 180 g/mol. The molecule has 14 heavy (non-hydrogen) atoms. The molecule has 1 heterocycles. The maximum atomic E-state index is 11.0. The van der Waals surface area contributed by atoms with Crippen LogP contribution in [0.2, 0.25) is 0 Å². The molecule has 0 aliphatic heterocycles. The summed E-state index contributed by atoms with van der Waals surface area (Å²) in [5, 5.41) is 3.92. The number of aryl methyl sites for hydroxylation is 1. The normalized spacial score (nSPS) is 11.1. The van der Waals surface area contributed by atoms with E-state index in [1.807, 2.05) is 13.8 Å². The molecule has 1 aromatic rings. The van der Waals surface area contributed by atoms with Crippen LogP contribution in [0.15, 0.2) is 16.0 Å². The average molecular weight is 194 g/mol. The molecule has 0 aliphatic carbocycles. The number of hydrazone groups is 1. The molecule has 5 nitrogen and oxygen atoms in total. The second-order valence-corrected chi connectivity index (χ2v) is 3.37. The molecule has 1 rings (SSSR count). The second-order valence-electron chi connectivity index (χ2n) is 3.37. The summed E-state index contributed by atoms with van der Waals surface area (Å²) in [7, 11) is 0. The van der Waals surface area contributed by atoms with Gasteiger partial charge in [0.2, 0.25) is 5.95 Å². The van der Waals surface area contributed by atoms with Gasteiger partial charge in [0.15, 0.2) is 0 Å². The number of hydrogen-bond acceptors (Lipinski definition) is 4. The van der Waals surface area contributed by atoms with Crippen molar-refractivity contribution < 1.29 is 0 Å². The Morgan fingerprint density at radius 2 is 2.36 bits per heavy atom. The number of hydrogen-bond donors (Lipinski definition) is 2. The minimum Gasteiger partial charge on any atom is -0.291 e. The highest BCUT2D eigenvalue weighted by atomic mass is 16.1. The highest BCUT2D eigenvalue weighted by Crippen LogP contribution is 1.95. The van der Waals surface area contributed by atoms with Crippen LogP contribution >= 0.6 is 0 Å². The third-order valence-electron chi connectivity index (χ3n) is 1.41. The Morgan fingerprint density at radius 3 is 2.93 bits per heavy atom. The fourth-order valence-corrected chi connectivity index (χ4v) is 0.880. The molecular formula is C9H14N4O. The van der Waals surface area contributed by atoms with Crippen molar-refractivity contribution in [2.45, 2.75) is 20.8 Å². The van der Waals surface area contributed by atoms with Crippen LogP contribution in [0.4, 0.5) is 5.95 Å². The van der Waals surface area contributed by atoms with E-state index in [9.17, 15) is 4.79 Å². The molecule has 76 valence electrons. The van der Waals surface area contributed by atoms with Crippen LogP contribution < -0.4 is 11.0 Å². The SMILES string of the molecule is Cc1cc(=O)[nH]c(NN=CC(C)C)n1. The first kappa shape index (κ1) is 10.4. The topological polar surface area (TPSA) is 70.1 Å². The minimum absolute atomic E-state index is 0.181. The standard InChI is InChI=1S/C9H14N4O/c1-6(2)5-10-13-9-11-7(3)4-8(14)12-9/h4-6H,1-3H3,(H2,11,12,13,14). The van der Waals surface area contributed by atoms with Gasteiger partial charge in [0.1, 0.15) is 0 Å². The minimum atomic E-state index is -0.181. The Kier molecular flexibility index (Phi) is 3.39. The van der Waals surface area contributed by atoms with Gasteiger partial charge in [0.05, 0.1) is 0 Å². The van der Waals surface area contributed by atoms with Gasteiger partial charge >= 0.3 is 0 Å². The number of anilines is 1. The van der Waals surface area contributed by atoms with Gasteiger partial charge in [0.25, 0.3) is 5.56 Å². The van der Waals surface area contributed by atoms with E-state index in [1.165, 1.54) is 6.07 Å². The third kappa shape index (κ3) is 3.38. The van der Waals surface area contributed by atoms with Crippen molar-refractivity contribution in [3.05, 3.63) is 22.1 Å². The first-order valence-corrected chi connectivity index (χ1v) is 4.45. The number of H-pyrrole nitrogens is 1. The van der Waals surface area contributed by atoms with Crippen LogP contribution in [0.1, 0.15) is 19.5 Å². The summed E-state index contributed by atoms with van der Waals surface area (Å²) in [5.74, 6) is 0.728. The van der Waals surface area contributed by atoms with Crippen molar-refractivity contribution in [2.24, 2.45) is 11.0 Å². The van der Waals surface area contributed by atoms with Crippen LogP contribution in [0.25, 0.3) is 0 Å². The van der Waals surface area contributed by atoms with Crippen LogP contribution in [0, 0.1) is 12.8 Å². The first-order valence-electron chi connectivity index (χ1n) is 4.45. The molecule has 0 spiro atoms. The van der Waals surface area contributed by atoms with E-state index in [0.29, 0.717) is 17.6 Å². The quantitative estimate of drug-likeness (QED) is 0.559. The van der Waals surface area contributed by atoms with Crippen molar-refractivity contribution >= 4 is 12.2 Å². The maximum absolute atomic E-state index is 11.0. The maximum Gasteiger partial charge on any atom is 0.252 e. The molecule has 0 aliphatic rings. The largest absolute Gasteiger partial charge is 0.291 e. The van der Waals surface area contributed by atoms with Crippen molar-refractivity contribution in [1.29, 1.82) is 0 Å². The zero-order valence-corrected chi connectivity index (χ0v) is 8.53. The highest BCUT2D eigenvalue weighted by molar-refractivity contribution is 5.60. The predicted octanol–water partition coefficient (Wildman–Crippen LogP) is 1.13. The molecule has 0 unspecified atom stereocenters. The van der Waals surface area contributed by atoms with Crippen LogP contribution in [0.5, 0.6) is 0 Å². The summed E-state index contributed by atoms with van der Waals surface area (Å²) in [5.41, 5.74) is 3.14. The van der Waals surface area contributed by atoms with E-state index in [-0.39, 0.29) is 5.56 Å². The molecule has 0 bridgehead atoms. The Balaban J connectivity index is 2.72. The summed E-state index contributed by atoms with van der Waals surface area (Å²) in [6.07, 6.45) is 1.74. The zero-order chi connectivity index (χ0) is 10.6. The van der Waals surface area contributed by atoms with Crippen molar-refractivity contribution in [3.8, 4) is 0 Å². The fourth-order valence-electron chi connectivity index (χ4n) is 0.880. The Hall–Kier alpha value is -1.65. The van der Waals surface area contributed by atoms with Gasteiger partial charge in [-0.3, -0.25) is 9.78 Å². The monoisotopic (exact) mass is 194 g/mol. The summed E-state index contributed by atoms with van der Waals surface area (Å²) >= 11 is 0. The highest BCUT2D eigenvalue weighted by Gasteiger charge is 1.94. The molecule has 1 aromatic heterocycles. The lowest BCUT2D eigenvalue weighted by Crippen LogP contribution is -2.10. The smallest absolute Gasteiger partial charge is 0.252 e. The van der Waals surface area contributed by atoms with Crippen LogP contribution in [-0.4, -0.2) is 16.2 Å². The van der Waals surface area contributed by atoms with Crippen molar-refractivity contribution in [3.63, 3.8) is 0 Å². The zero-order valence-electron chi connectivity index (χ0n) is 8.53. The molecule has 0 aromatic carbocycles. The number of aromatic nitrogens is 2. The molecule has 0 radical (unpaired) electrons. The van der Waals surface area contributed by atoms with E-state index < -0.39 is 0 Å². The molecule has 0 amide bonds. The average Bonchev–Trinajstić information content (AvgIpc) is 2.01. The Bertz CT molecular complexity index is 381. The summed E-state index contributed by atoms with van der Waals surface area (Å²) in [6.45, 7) is 5.78.